The van der Waals surface area contributed by atoms with Crippen LogP contribution in [0.1, 0.15) is 10.4 Å². The first-order chi connectivity index (χ1) is 18.1. The molecule has 0 aliphatic carbocycles. The molecule has 0 unspecified atom stereocenters. The van der Waals surface area contributed by atoms with Crippen molar-refractivity contribution in [2.24, 2.45) is 7.05 Å². The van der Waals surface area contributed by atoms with Crippen LogP contribution in [-0.2, 0) is 7.05 Å². The smallest absolute Gasteiger partial charge is 0.387 e. The summed E-state index contributed by atoms with van der Waals surface area (Å²) in [6.07, 6.45) is 1.36. The minimum absolute atomic E-state index is 0.0337. The molecule has 198 valence electrons. The molecule has 0 fully saturated rings. The molecule has 0 aliphatic heterocycles. The molecule has 1 amide bonds. The summed E-state index contributed by atoms with van der Waals surface area (Å²) < 4.78 is 71.7. The number of aromatic nitrogens is 3. The van der Waals surface area contributed by atoms with Crippen molar-refractivity contribution in [2.45, 2.75) is 6.61 Å². The number of alkyl halides is 2. The highest BCUT2D eigenvalue weighted by Gasteiger charge is 2.28. The summed E-state index contributed by atoms with van der Waals surface area (Å²) in [6, 6.07) is 9.40. The lowest BCUT2D eigenvalue weighted by Crippen LogP contribution is -2.23. The number of anilines is 1. The van der Waals surface area contributed by atoms with Crippen LogP contribution in [0.15, 0.2) is 59.5 Å². The lowest BCUT2D eigenvalue weighted by Gasteiger charge is -2.13. The van der Waals surface area contributed by atoms with Gasteiger partial charge in [0, 0.05) is 37.0 Å². The Morgan fingerprint density at radius 2 is 1.63 bits per heavy atom. The molecule has 0 bridgehead atoms. The van der Waals surface area contributed by atoms with Gasteiger partial charge in [0.1, 0.15) is 34.5 Å². The summed E-state index contributed by atoms with van der Waals surface area (Å²) in [5.74, 6) is -3.06. The molecule has 9 nitrogen and oxygen atoms in total. The number of rotatable bonds is 8. The monoisotopic (exact) mass is 532 g/mol. The first-order valence-electron chi connectivity index (χ1n) is 10.9. The van der Waals surface area contributed by atoms with Gasteiger partial charge in [0.05, 0.1) is 25.5 Å². The van der Waals surface area contributed by atoms with E-state index in [1.54, 1.807) is 0 Å². The van der Waals surface area contributed by atoms with Crippen LogP contribution < -0.4 is 25.1 Å². The first-order valence-corrected chi connectivity index (χ1v) is 10.9. The number of nitrogens with one attached hydrogen (secondary N) is 1. The molecule has 0 saturated carbocycles. The zero-order valence-electron chi connectivity index (χ0n) is 20.2. The summed E-state index contributed by atoms with van der Waals surface area (Å²) in [5.41, 5.74) is -1.95. The zero-order valence-corrected chi connectivity index (χ0v) is 20.2. The van der Waals surface area contributed by atoms with Crippen LogP contribution in [0.5, 0.6) is 17.4 Å². The Morgan fingerprint density at radius 3 is 2.21 bits per heavy atom. The van der Waals surface area contributed by atoms with E-state index in [4.69, 9.17) is 9.47 Å². The van der Waals surface area contributed by atoms with Gasteiger partial charge in [-0.3, -0.25) is 14.3 Å². The van der Waals surface area contributed by atoms with E-state index in [1.807, 2.05) is 0 Å². The molecule has 4 aromatic rings. The maximum absolute atomic E-state index is 15.2. The van der Waals surface area contributed by atoms with Gasteiger partial charge in [-0.1, -0.05) is 0 Å². The van der Waals surface area contributed by atoms with Crippen LogP contribution in [0.3, 0.4) is 0 Å². The third-order valence-electron chi connectivity index (χ3n) is 5.51. The van der Waals surface area contributed by atoms with E-state index in [0.717, 1.165) is 28.9 Å². The second kappa shape index (κ2) is 10.7. The predicted molar refractivity (Wildman–Crippen MR) is 128 cm³/mol. The predicted octanol–water partition coefficient (Wildman–Crippen LogP) is 4.39. The lowest BCUT2D eigenvalue weighted by molar-refractivity contribution is -0.0498. The van der Waals surface area contributed by atoms with Gasteiger partial charge >= 0.3 is 6.61 Å². The van der Waals surface area contributed by atoms with Gasteiger partial charge in [-0.05, 0) is 30.3 Å². The molecular formula is C25H20F4N4O5. The largest absolute Gasteiger partial charge is 0.497 e. The number of hydrogen-bond donors (Lipinski definition) is 1. The van der Waals surface area contributed by atoms with Gasteiger partial charge in [-0.2, -0.15) is 8.78 Å². The van der Waals surface area contributed by atoms with Gasteiger partial charge in [-0.15, -0.1) is 0 Å². The van der Waals surface area contributed by atoms with E-state index in [-0.39, 0.29) is 34.3 Å². The Balaban J connectivity index is 1.87. The Labute approximate surface area is 212 Å². The zero-order chi connectivity index (χ0) is 27.6. The number of amides is 1. The number of carbonyl (C=O) groups excluding carboxylic acids is 1. The SMILES string of the molecule is COc1cc(F)c(-c2c(NC(=O)c3ccc(OC(F)F)cc3)c(=O)n(-c3ccnc(OC)c3)n2C)c(F)c1. The van der Waals surface area contributed by atoms with Gasteiger partial charge in [0.15, 0.2) is 0 Å². The van der Waals surface area contributed by atoms with Crippen molar-refractivity contribution in [3.8, 4) is 34.3 Å². The Kier molecular flexibility index (Phi) is 7.37. The molecular weight excluding hydrogens is 512 g/mol. The molecule has 38 heavy (non-hydrogen) atoms. The molecule has 4 rings (SSSR count). The second-order valence-corrected chi connectivity index (χ2v) is 7.74. The number of hydrogen-bond acceptors (Lipinski definition) is 6. The summed E-state index contributed by atoms with van der Waals surface area (Å²) in [6.45, 7) is -3.05. The van der Waals surface area contributed by atoms with Gasteiger partial charge in [0.25, 0.3) is 11.5 Å². The minimum Gasteiger partial charge on any atom is -0.497 e. The van der Waals surface area contributed by atoms with Crippen LogP contribution in [0.4, 0.5) is 23.2 Å². The average molecular weight is 532 g/mol. The molecule has 2 heterocycles. The van der Waals surface area contributed by atoms with E-state index < -0.39 is 41.0 Å². The number of carbonyl (C=O) groups is 1. The number of nitrogens with zero attached hydrogens (tertiary/aromatic N) is 3. The third-order valence-corrected chi connectivity index (χ3v) is 5.51. The van der Waals surface area contributed by atoms with Crippen molar-refractivity contribution >= 4 is 11.6 Å². The summed E-state index contributed by atoms with van der Waals surface area (Å²) in [7, 11) is 3.98. The van der Waals surface area contributed by atoms with E-state index in [0.29, 0.717) is 0 Å². The highest BCUT2D eigenvalue weighted by Crippen LogP contribution is 2.34. The lowest BCUT2D eigenvalue weighted by atomic mass is 10.1. The molecule has 1 N–H and O–H groups in total. The normalized spacial score (nSPS) is 10.9. The summed E-state index contributed by atoms with van der Waals surface area (Å²) >= 11 is 0. The summed E-state index contributed by atoms with van der Waals surface area (Å²) in [5, 5.41) is 2.40. The van der Waals surface area contributed by atoms with Crippen LogP contribution in [0, 0.1) is 11.6 Å². The maximum atomic E-state index is 15.2. The molecule has 0 radical (unpaired) electrons. The first kappa shape index (κ1) is 26.3. The quantitative estimate of drug-likeness (QED) is 0.338. The van der Waals surface area contributed by atoms with E-state index >= 15 is 8.78 Å². The fourth-order valence-corrected chi connectivity index (χ4v) is 3.80. The highest BCUT2D eigenvalue weighted by molar-refractivity contribution is 6.06. The fourth-order valence-electron chi connectivity index (χ4n) is 3.80. The molecule has 13 heteroatoms. The maximum Gasteiger partial charge on any atom is 0.387 e. The van der Waals surface area contributed by atoms with Crippen molar-refractivity contribution in [1.82, 2.24) is 14.3 Å². The Bertz CT molecular complexity index is 1530. The van der Waals surface area contributed by atoms with Crippen molar-refractivity contribution < 1.29 is 36.6 Å². The van der Waals surface area contributed by atoms with Crippen LogP contribution in [0.2, 0.25) is 0 Å². The van der Waals surface area contributed by atoms with Crippen molar-refractivity contribution in [1.29, 1.82) is 0 Å². The van der Waals surface area contributed by atoms with Crippen molar-refractivity contribution in [3.63, 3.8) is 0 Å². The number of halogens is 4. The molecule has 0 saturated heterocycles. The number of benzene rings is 2. The number of methoxy groups -OCH3 is 2. The van der Waals surface area contributed by atoms with E-state index in [9.17, 15) is 18.4 Å². The highest BCUT2D eigenvalue weighted by atomic mass is 19.3. The van der Waals surface area contributed by atoms with Gasteiger partial charge in [0.2, 0.25) is 5.88 Å². The fraction of sp³-hybridized carbons (Fsp3) is 0.160. The van der Waals surface area contributed by atoms with Crippen molar-refractivity contribution in [3.05, 3.63) is 82.3 Å². The summed E-state index contributed by atoms with van der Waals surface area (Å²) in [4.78, 5) is 30.6. The molecule has 0 aliphatic rings. The third kappa shape index (κ3) is 5.03. The van der Waals surface area contributed by atoms with Gasteiger partial charge in [-0.25, -0.2) is 18.4 Å². The van der Waals surface area contributed by atoms with Gasteiger partial charge < -0.3 is 19.5 Å². The minimum atomic E-state index is -3.05. The van der Waals surface area contributed by atoms with Crippen LogP contribution in [0.25, 0.3) is 16.9 Å². The number of ether oxygens (including phenoxy) is 3. The van der Waals surface area contributed by atoms with Crippen molar-refractivity contribution in [2.75, 3.05) is 19.5 Å². The molecule has 0 spiro atoms. The topological polar surface area (TPSA) is 96.6 Å². The van der Waals surface area contributed by atoms with Crippen LogP contribution >= 0.6 is 0 Å². The molecule has 0 atom stereocenters. The average Bonchev–Trinajstić information content (AvgIpc) is 3.12. The van der Waals surface area contributed by atoms with E-state index in [1.165, 1.54) is 56.4 Å². The van der Waals surface area contributed by atoms with E-state index in [2.05, 4.69) is 15.0 Å². The molecule has 2 aromatic heterocycles. The van der Waals surface area contributed by atoms with Crippen LogP contribution in [-0.4, -0.2) is 41.1 Å². The Morgan fingerprint density at radius 1 is 0.974 bits per heavy atom. The standard InChI is InChI=1S/C25H20F4N4O5/c1-32-22(20-17(26)11-16(36-2)12-18(20)27)21(24(35)33(32)14-8-9-30-19(10-14)37-3)31-23(34)13-4-6-15(7-5-13)38-25(28)29/h4-12,25H,1-3H3,(H,31,34). The molecule has 2 aromatic carbocycles. The Hall–Kier alpha value is -4.81. The number of pyridine rings is 1. The second-order valence-electron chi connectivity index (χ2n) is 7.74.